The molecule has 0 aliphatic rings. The molecule has 8 aromatic heterocycles. The van der Waals surface area contributed by atoms with Crippen molar-refractivity contribution < 1.29 is 74.2 Å². The van der Waals surface area contributed by atoms with E-state index < -0.39 is 0 Å². The van der Waals surface area contributed by atoms with Crippen LogP contribution < -0.4 is 22.9 Å². The summed E-state index contributed by atoms with van der Waals surface area (Å²) in [6, 6.07) is 25.8. The van der Waals surface area contributed by atoms with E-state index in [-0.39, 0.29) is 74.2 Å². The van der Waals surface area contributed by atoms with Gasteiger partial charge in [-0.15, -0.1) is 24.8 Å². The molecule has 4 aromatic carbocycles. The smallest absolute Gasteiger partial charge is 0.407 e. The molecule has 0 atom stereocenters. The standard InChI is InChI=1S/4C19H25N4.4C2H5.4V/c1-19(2,3)10-6-5-7-13-8-9-16-14(11-13)17-15(18(20)21-16)12-23(4)22-17;1-19(2,3)10-6-5-7-13-8-9-16-14(11-13)15-12-23(4)22-17(15)18(20)21-16;1-19(2,3)10-6-5-7-13-8-9-14-16(11-13)21-18(20)15-12-23(4)22-17(14)15;1-19(2,3)10-6-5-7-13-8-9-14-15-12-23(4)22-17(15)18(20)21-16(14)11-13;4*1-2;;;;/h4*8-9,11-12H,4-7,10H2,1-3H3,(H2,20,21);4*1H2,2H3;;;;/q8*-1;4*+2. The molecule has 0 saturated heterocycles. The number of nitrogens with zero attached hydrogens (tertiary/aromatic N) is 12. The van der Waals surface area contributed by atoms with E-state index in [9.17, 15) is 0 Å². The quantitative estimate of drug-likeness (QED) is 0.0523. The van der Waals surface area contributed by atoms with E-state index in [2.05, 4.69) is 246 Å². The van der Waals surface area contributed by atoms with Crippen LogP contribution >= 0.6 is 0 Å². The summed E-state index contributed by atoms with van der Waals surface area (Å²) >= 11 is 0. The van der Waals surface area contributed by atoms with Gasteiger partial charge in [-0.05, 0) is 184 Å². The van der Waals surface area contributed by atoms with Crippen molar-refractivity contribution in [2.75, 3.05) is 22.9 Å². The van der Waals surface area contributed by atoms with E-state index in [0.717, 1.165) is 113 Å². The first-order chi connectivity index (χ1) is 47.3. The molecule has 0 spiro atoms. The van der Waals surface area contributed by atoms with Crippen LogP contribution in [0.4, 0.5) is 23.3 Å². The predicted octanol–water partition coefficient (Wildman–Crippen LogP) is 21.6. The summed E-state index contributed by atoms with van der Waals surface area (Å²) in [5.74, 6) is 1.97. The Labute approximate surface area is 672 Å². The maximum Gasteiger partial charge on any atom is 2.00 e. The fraction of sp³-hybridized carbons (Fsp3) is 0.429. The average molecular weight is 1560 g/mol. The van der Waals surface area contributed by atoms with Crippen molar-refractivity contribution in [3.63, 3.8) is 0 Å². The molecular formula is C84H120N16V4. The van der Waals surface area contributed by atoms with E-state index in [1.165, 1.54) is 99.3 Å². The Kier molecular flexibility index (Phi) is 40.3. The first kappa shape index (κ1) is 95.4. The summed E-state index contributed by atoms with van der Waals surface area (Å²) in [5.41, 5.74) is 38.0. The van der Waals surface area contributed by atoms with Crippen LogP contribution in [-0.4, -0.2) is 59.1 Å². The average Bonchev–Trinajstić information content (AvgIpc) is 1.58. The number of benzene rings is 4. The van der Waals surface area contributed by atoms with Gasteiger partial charge in [-0.25, -0.2) is 40.3 Å². The monoisotopic (exact) mass is 1560 g/mol. The van der Waals surface area contributed by atoms with Gasteiger partial charge in [-0.1, -0.05) is 151 Å². The number of nitrogens with two attached hydrogens (primary N) is 4. The number of nitrogen functional groups attached to an aromatic ring is 4. The van der Waals surface area contributed by atoms with E-state index in [4.69, 9.17) is 22.9 Å². The van der Waals surface area contributed by atoms with Crippen LogP contribution in [-0.2, 0) is 99.9 Å². The summed E-state index contributed by atoms with van der Waals surface area (Å²) in [6.07, 6.45) is 26.7. The van der Waals surface area contributed by atoms with Crippen molar-refractivity contribution in [3.8, 4) is 0 Å². The molecule has 0 saturated carbocycles. The minimum absolute atomic E-state index is 0. The fourth-order valence-electron chi connectivity index (χ4n) is 12.1. The van der Waals surface area contributed by atoms with Gasteiger partial charge in [0, 0.05) is 10.8 Å². The van der Waals surface area contributed by atoms with E-state index in [1.54, 1.807) is 46.4 Å². The summed E-state index contributed by atoms with van der Waals surface area (Å²) in [6.45, 7) is 47.6. The summed E-state index contributed by atoms with van der Waals surface area (Å²) in [5, 5.41) is 25.6. The summed E-state index contributed by atoms with van der Waals surface area (Å²) in [4.78, 5) is 18.0. The second-order valence-corrected chi connectivity index (χ2v) is 30.2. The van der Waals surface area contributed by atoms with Crippen LogP contribution in [0.25, 0.3) is 87.2 Å². The van der Waals surface area contributed by atoms with Crippen LogP contribution in [0.3, 0.4) is 0 Å². The Morgan fingerprint density at radius 2 is 0.538 bits per heavy atom. The first-order valence-electron chi connectivity index (χ1n) is 35.7. The zero-order chi connectivity index (χ0) is 74.5. The van der Waals surface area contributed by atoms with Gasteiger partial charge in [-0.3, -0.25) is 0 Å². The Hall–Kier alpha value is -6.58. The molecule has 4 radical (unpaired) electrons. The number of pyridine rings is 4. The number of hydrogen-bond donors (Lipinski definition) is 4. The maximum atomic E-state index is 6.06. The maximum absolute atomic E-state index is 6.06. The fourth-order valence-corrected chi connectivity index (χ4v) is 12.1. The molecule has 12 rings (SSSR count). The van der Waals surface area contributed by atoms with Gasteiger partial charge < -0.3 is 69.4 Å². The molecule has 0 fully saturated rings. The molecule has 556 valence electrons. The first-order valence-corrected chi connectivity index (χ1v) is 35.7. The van der Waals surface area contributed by atoms with Crippen LogP contribution in [0.5, 0.6) is 0 Å². The van der Waals surface area contributed by atoms with Gasteiger partial charge in [0.25, 0.3) is 0 Å². The van der Waals surface area contributed by atoms with Gasteiger partial charge in [0.05, 0.1) is 33.1 Å². The van der Waals surface area contributed by atoms with E-state index in [1.807, 2.05) is 30.9 Å². The van der Waals surface area contributed by atoms with Crippen LogP contribution in [0, 0.1) is 77.5 Å². The molecule has 8 N–H and O–H groups in total. The molecule has 16 nitrogen and oxygen atoms in total. The van der Waals surface area contributed by atoms with Gasteiger partial charge in [0.2, 0.25) is 0 Å². The number of rotatable bonds is 16. The second-order valence-electron chi connectivity index (χ2n) is 30.2. The molecule has 20 heteroatoms. The van der Waals surface area contributed by atoms with Crippen LogP contribution in [0.1, 0.15) is 210 Å². The van der Waals surface area contributed by atoms with Crippen molar-refractivity contribution in [2.24, 2.45) is 21.7 Å². The Morgan fingerprint density at radius 3 is 0.913 bits per heavy atom. The van der Waals surface area contributed by atoms with Crippen LogP contribution in [0.15, 0.2) is 97.6 Å². The minimum atomic E-state index is 0. The number of unbranched alkanes of at least 4 members (excludes halogenated alkanes) is 4. The third kappa shape index (κ3) is 28.3. The van der Waals surface area contributed by atoms with Crippen molar-refractivity contribution in [1.29, 1.82) is 0 Å². The third-order valence-electron chi connectivity index (χ3n) is 17.0. The molecule has 0 amide bonds. The number of anilines is 4. The second kappa shape index (κ2) is 43.9. The van der Waals surface area contributed by atoms with E-state index in [0.29, 0.717) is 44.9 Å². The summed E-state index contributed by atoms with van der Waals surface area (Å²) in [7, 11) is 15.3. The van der Waals surface area contributed by atoms with E-state index >= 15 is 0 Å². The van der Waals surface area contributed by atoms with Gasteiger partial charge in [0.1, 0.15) is 22.7 Å². The number of aryl methyl sites for hydroxylation is 4. The zero-order valence-electron chi connectivity index (χ0n) is 65.7. The molecule has 0 aliphatic heterocycles. The molecule has 0 aliphatic carbocycles. The number of aromatic nitrogens is 12. The molecular weight excluding hydrogens is 1440 g/mol. The van der Waals surface area contributed by atoms with Crippen molar-refractivity contribution in [2.45, 2.75) is 214 Å². The number of hydrogen-bond acceptors (Lipinski definition) is 12. The zero-order valence-corrected chi connectivity index (χ0v) is 71.3. The van der Waals surface area contributed by atoms with Gasteiger partial charge >= 0.3 is 74.2 Å². The molecule has 8 heterocycles. The molecule has 0 unspecified atom stereocenters. The predicted molar refractivity (Wildman–Crippen MR) is 433 cm³/mol. The normalized spacial score (nSPS) is 11.1. The molecule has 104 heavy (non-hydrogen) atoms. The van der Waals surface area contributed by atoms with Gasteiger partial charge in [0.15, 0.2) is 11.6 Å². The van der Waals surface area contributed by atoms with Crippen molar-refractivity contribution >= 4 is 110 Å². The third-order valence-corrected chi connectivity index (χ3v) is 17.0. The van der Waals surface area contributed by atoms with Gasteiger partial charge in [-0.2, -0.15) is 55.9 Å². The molecule has 0 bridgehead atoms. The molecule has 12 aromatic rings. The number of fused-ring (bicyclic) bond motifs is 12. The summed E-state index contributed by atoms with van der Waals surface area (Å²) < 4.78 is 6.20. The van der Waals surface area contributed by atoms with Crippen LogP contribution in [0.2, 0.25) is 0 Å². The minimum Gasteiger partial charge on any atom is -0.407 e. The Bertz CT molecular complexity index is 4250. The Morgan fingerprint density at radius 1 is 0.279 bits per heavy atom. The topological polar surface area (TPSA) is 227 Å². The largest absolute Gasteiger partial charge is 2.00 e. The SMILES string of the molecule is [CH2-]C.[CH2-]C.[CH2-]C.[CH2-]C.[CH2-]n1cc2c(N)nc3cc(CCCCC(C)(C)C)ccc3c2n1.[CH2-]n1cc2c(N)nc3ccc(CCCCC(C)(C)C)cc3c2n1.[CH2-]n1cc2c(n1)c(N)nc1cc(CCCCC(C)(C)C)ccc12.[CH2-]n1cc2c(n1)c(N)nc1ccc(CCCCC(C)(C)C)cc12.[V+2].[V+2].[V+2].[V+2]. The van der Waals surface area contributed by atoms with Crippen molar-refractivity contribution in [3.05, 3.63) is 176 Å². The van der Waals surface area contributed by atoms with Crippen molar-refractivity contribution in [1.82, 2.24) is 59.1 Å². The Balaban J connectivity index is 0.000000662.